The van der Waals surface area contributed by atoms with E-state index >= 15 is 0 Å². The minimum atomic E-state index is -1.42. The summed E-state index contributed by atoms with van der Waals surface area (Å²) in [6.45, 7) is 1.41. The van der Waals surface area contributed by atoms with Crippen LogP contribution in [0, 0.1) is 11.6 Å². The van der Waals surface area contributed by atoms with Crippen LogP contribution in [0.2, 0.25) is 5.02 Å². The lowest BCUT2D eigenvalue weighted by atomic mass is 9.81. The van der Waals surface area contributed by atoms with Gasteiger partial charge in [0, 0.05) is 27.4 Å². The third-order valence-electron chi connectivity index (χ3n) is 5.56. The van der Waals surface area contributed by atoms with Crippen molar-refractivity contribution in [3.8, 4) is 5.75 Å². The Balaban J connectivity index is 2.06. The first kappa shape index (κ1) is 23.3. The summed E-state index contributed by atoms with van der Waals surface area (Å²) >= 11 is 7.55. The normalized spacial score (nSPS) is 21.1. The molecule has 3 unspecified atom stereocenters. The van der Waals surface area contributed by atoms with E-state index in [2.05, 4.69) is 0 Å². The number of benzene rings is 2. The van der Waals surface area contributed by atoms with Gasteiger partial charge in [-0.1, -0.05) is 17.7 Å². The second kappa shape index (κ2) is 8.64. The van der Waals surface area contributed by atoms with E-state index < -0.39 is 46.0 Å². The van der Waals surface area contributed by atoms with Crippen molar-refractivity contribution >= 4 is 35.2 Å². The molecule has 1 amide bonds. The minimum absolute atomic E-state index is 0.340. The lowest BCUT2D eigenvalue weighted by Crippen LogP contribution is -2.54. The number of carboxylic acid groups (broad SMARTS) is 1. The van der Waals surface area contributed by atoms with E-state index in [0.29, 0.717) is 15.5 Å². The van der Waals surface area contributed by atoms with Gasteiger partial charge in [0.25, 0.3) is 0 Å². The van der Waals surface area contributed by atoms with Gasteiger partial charge in [-0.15, -0.1) is 11.8 Å². The molecule has 0 aromatic heterocycles. The molecule has 31 heavy (non-hydrogen) atoms. The van der Waals surface area contributed by atoms with Crippen LogP contribution in [0.5, 0.6) is 5.75 Å². The average Bonchev–Trinajstić information content (AvgIpc) is 3.03. The number of hydrogen-bond acceptors (Lipinski definition) is 5. The summed E-state index contributed by atoms with van der Waals surface area (Å²) in [4.78, 5) is 26.2. The molecule has 2 aromatic rings. The van der Waals surface area contributed by atoms with Crippen LogP contribution >= 0.6 is 23.4 Å². The molecule has 0 spiro atoms. The van der Waals surface area contributed by atoms with Crippen LogP contribution in [0.1, 0.15) is 28.8 Å². The van der Waals surface area contributed by atoms with Crippen molar-refractivity contribution in [2.45, 2.75) is 28.5 Å². The highest BCUT2D eigenvalue weighted by Crippen LogP contribution is 2.57. The number of nitrogens with zero attached hydrogens (tertiary/aromatic N) is 1. The Morgan fingerprint density at radius 2 is 1.94 bits per heavy atom. The standard InChI is InChI=1S/C21H21ClF2N2O4S/c1-10(26(2)3)21(20(28)29)12(17-13(22)5-4-6-16(17)31-21)9-30-18-14(23)7-11(19(25)27)8-15(18)24/h4-8,10,12H,9H2,1-3H3,(H2,25,27)(H,28,29). The van der Waals surface area contributed by atoms with Crippen LogP contribution in [-0.2, 0) is 4.79 Å². The zero-order chi connectivity index (χ0) is 23.1. The van der Waals surface area contributed by atoms with Gasteiger partial charge >= 0.3 is 5.97 Å². The highest BCUT2D eigenvalue weighted by atomic mass is 35.5. The van der Waals surface area contributed by atoms with E-state index in [4.69, 9.17) is 22.1 Å². The summed E-state index contributed by atoms with van der Waals surface area (Å²) in [5.41, 5.74) is 5.29. The number of fused-ring (bicyclic) bond motifs is 1. The van der Waals surface area contributed by atoms with Crippen LogP contribution in [0.15, 0.2) is 35.2 Å². The van der Waals surface area contributed by atoms with Crippen molar-refractivity contribution in [3.63, 3.8) is 0 Å². The molecule has 1 aliphatic rings. The van der Waals surface area contributed by atoms with E-state index in [9.17, 15) is 23.5 Å². The van der Waals surface area contributed by atoms with Crippen molar-refractivity contribution in [1.82, 2.24) is 4.90 Å². The summed E-state index contributed by atoms with van der Waals surface area (Å²) in [6, 6.07) is 6.17. The smallest absolute Gasteiger partial charge is 0.322 e. The molecule has 3 rings (SSSR count). The zero-order valence-corrected chi connectivity index (χ0v) is 18.6. The number of thioether (sulfide) groups is 1. The Morgan fingerprint density at radius 3 is 2.45 bits per heavy atom. The van der Waals surface area contributed by atoms with Gasteiger partial charge in [0.05, 0.1) is 6.61 Å². The monoisotopic (exact) mass is 470 g/mol. The number of amides is 1. The van der Waals surface area contributed by atoms with Crippen LogP contribution in [0.25, 0.3) is 0 Å². The highest BCUT2D eigenvalue weighted by Gasteiger charge is 2.58. The first-order chi connectivity index (χ1) is 14.5. The quantitative estimate of drug-likeness (QED) is 0.640. The highest BCUT2D eigenvalue weighted by molar-refractivity contribution is 8.02. The Labute approximate surface area is 187 Å². The topological polar surface area (TPSA) is 92.9 Å². The number of carbonyl (C=O) groups excluding carboxylic acids is 1. The predicted octanol–water partition coefficient (Wildman–Crippen LogP) is 3.76. The summed E-state index contributed by atoms with van der Waals surface area (Å²) in [5, 5.41) is 10.6. The Kier molecular flexibility index (Phi) is 6.50. The zero-order valence-electron chi connectivity index (χ0n) is 17.0. The maximum Gasteiger partial charge on any atom is 0.322 e. The number of primary amides is 1. The van der Waals surface area contributed by atoms with Crippen molar-refractivity contribution < 1.29 is 28.2 Å². The van der Waals surface area contributed by atoms with Crippen molar-refractivity contribution in [2.75, 3.05) is 20.7 Å². The minimum Gasteiger partial charge on any atom is -0.487 e. The van der Waals surface area contributed by atoms with Gasteiger partial charge in [-0.2, -0.15) is 0 Å². The van der Waals surface area contributed by atoms with E-state index in [1.54, 1.807) is 44.1 Å². The molecule has 0 fully saturated rings. The van der Waals surface area contributed by atoms with Crippen LogP contribution in [0.4, 0.5) is 8.78 Å². The fourth-order valence-electron chi connectivity index (χ4n) is 3.76. The molecule has 0 bridgehead atoms. The summed E-state index contributed by atoms with van der Waals surface area (Å²) in [5.74, 6) is -5.83. The molecular formula is C21H21ClF2N2O4S. The summed E-state index contributed by atoms with van der Waals surface area (Å²) < 4.78 is 32.9. The predicted molar refractivity (Wildman–Crippen MR) is 114 cm³/mol. The second-order valence-electron chi connectivity index (χ2n) is 7.49. The molecule has 0 saturated carbocycles. The molecule has 1 aliphatic heterocycles. The van der Waals surface area contributed by atoms with Crippen molar-refractivity contribution in [1.29, 1.82) is 0 Å². The first-order valence-electron chi connectivity index (χ1n) is 9.29. The van der Waals surface area contributed by atoms with E-state index in [1.165, 1.54) is 0 Å². The average molecular weight is 471 g/mol. The molecule has 166 valence electrons. The SMILES string of the molecule is CC(N(C)C)C1(C(=O)O)Sc2cccc(Cl)c2C1COc1c(F)cc(C(N)=O)cc1F. The van der Waals surface area contributed by atoms with E-state index in [1.807, 2.05) is 0 Å². The number of aliphatic carboxylic acids is 1. The fourth-order valence-corrected chi connectivity index (χ4v) is 5.79. The molecular weight excluding hydrogens is 450 g/mol. The van der Waals surface area contributed by atoms with Crippen LogP contribution in [-0.4, -0.2) is 53.4 Å². The number of ether oxygens (including phenoxy) is 1. The largest absolute Gasteiger partial charge is 0.487 e. The second-order valence-corrected chi connectivity index (χ2v) is 9.22. The first-order valence-corrected chi connectivity index (χ1v) is 10.5. The lowest BCUT2D eigenvalue weighted by molar-refractivity contribution is -0.142. The summed E-state index contributed by atoms with van der Waals surface area (Å²) in [7, 11) is 3.50. The van der Waals surface area contributed by atoms with E-state index in [-0.39, 0.29) is 12.2 Å². The summed E-state index contributed by atoms with van der Waals surface area (Å²) in [6.07, 6.45) is 0. The van der Waals surface area contributed by atoms with Gasteiger partial charge in [-0.25, -0.2) is 8.78 Å². The van der Waals surface area contributed by atoms with E-state index in [0.717, 1.165) is 23.9 Å². The molecule has 2 aromatic carbocycles. The third-order valence-corrected chi connectivity index (χ3v) is 7.61. The lowest BCUT2D eigenvalue weighted by Gasteiger charge is -2.39. The molecule has 0 saturated heterocycles. The third kappa shape index (κ3) is 3.97. The maximum absolute atomic E-state index is 14.4. The molecule has 0 aliphatic carbocycles. The van der Waals surface area contributed by atoms with Crippen molar-refractivity contribution in [2.24, 2.45) is 5.73 Å². The molecule has 6 nitrogen and oxygen atoms in total. The Bertz CT molecular complexity index is 1030. The van der Waals surface area contributed by atoms with Gasteiger partial charge in [0.15, 0.2) is 17.4 Å². The number of carboxylic acids is 1. The Morgan fingerprint density at radius 1 is 1.32 bits per heavy atom. The number of rotatable bonds is 7. The van der Waals surface area contributed by atoms with Crippen LogP contribution in [0.3, 0.4) is 0 Å². The maximum atomic E-state index is 14.4. The van der Waals surface area contributed by atoms with Gasteiger partial charge in [-0.3, -0.25) is 9.59 Å². The number of nitrogens with two attached hydrogens (primary N) is 1. The Hall–Kier alpha value is -2.36. The fraction of sp³-hybridized carbons (Fsp3) is 0.333. The molecule has 10 heteroatoms. The van der Waals surface area contributed by atoms with Gasteiger partial charge in [0.1, 0.15) is 4.75 Å². The van der Waals surface area contributed by atoms with Crippen molar-refractivity contribution in [3.05, 3.63) is 58.1 Å². The number of hydrogen-bond donors (Lipinski definition) is 2. The number of halogens is 3. The number of carbonyl (C=O) groups is 2. The molecule has 3 N–H and O–H groups in total. The molecule has 0 radical (unpaired) electrons. The van der Waals surface area contributed by atoms with Crippen LogP contribution < -0.4 is 10.5 Å². The molecule has 3 atom stereocenters. The van der Waals surface area contributed by atoms with Gasteiger partial charge in [0.2, 0.25) is 5.91 Å². The van der Waals surface area contributed by atoms with Gasteiger partial charge in [-0.05, 0) is 50.8 Å². The molecule has 1 heterocycles. The van der Waals surface area contributed by atoms with Gasteiger partial charge < -0.3 is 20.5 Å².